The Hall–Kier alpha value is -1.69. The largest absolute Gasteiger partial charge is 0.338 e. The highest BCUT2D eigenvalue weighted by molar-refractivity contribution is 5.04. The zero-order valence-corrected chi connectivity index (χ0v) is 12.2. The SMILES string of the molecule is CC(NC(C)C(C)n1cccn1)c1nc(C2CC2)no1. The van der Waals surface area contributed by atoms with E-state index in [1.165, 1.54) is 12.8 Å². The maximum absolute atomic E-state index is 5.35. The van der Waals surface area contributed by atoms with E-state index in [4.69, 9.17) is 4.52 Å². The van der Waals surface area contributed by atoms with Gasteiger partial charge in [0.05, 0.1) is 12.1 Å². The quantitative estimate of drug-likeness (QED) is 0.877. The van der Waals surface area contributed by atoms with Crippen LogP contribution in [0, 0.1) is 0 Å². The molecule has 2 aromatic heterocycles. The summed E-state index contributed by atoms with van der Waals surface area (Å²) in [4.78, 5) is 4.48. The third-order valence-corrected chi connectivity index (χ3v) is 3.95. The number of aromatic nitrogens is 4. The molecule has 0 aliphatic heterocycles. The third kappa shape index (κ3) is 2.75. The highest BCUT2D eigenvalue weighted by Gasteiger charge is 2.30. The Morgan fingerprint density at radius 2 is 2.15 bits per heavy atom. The zero-order chi connectivity index (χ0) is 14.1. The predicted molar refractivity (Wildman–Crippen MR) is 74.2 cm³/mol. The Balaban J connectivity index is 1.60. The van der Waals surface area contributed by atoms with E-state index in [0.29, 0.717) is 11.8 Å². The minimum absolute atomic E-state index is 0.0445. The summed E-state index contributed by atoms with van der Waals surface area (Å²) in [6.07, 6.45) is 6.15. The second kappa shape index (κ2) is 5.36. The van der Waals surface area contributed by atoms with Crippen LogP contribution < -0.4 is 5.32 Å². The van der Waals surface area contributed by atoms with Crippen LogP contribution in [0.3, 0.4) is 0 Å². The van der Waals surface area contributed by atoms with Crippen LogP contribution >= 0.6 is 0 Å². The topological polar surface area (TPSA) is 68.8 Å². The van der Waals surface area contributed by atoms with Crippen molar-refractivity contribution in [2.45, 2.75) is 57.7 Å². The van der Waals surface area contributed by atoms with Crippen LogP contribution in [0.2, 0.25) is 0 Å². The summed E-state index contributed by atoms with van der Waals surface area (Å²) in [6.45, 7) is 6.33. The van der Waals surface area contributed by atoms with Gasteiger partial charge in [-0.05, 0) is 39.7 Å². The Bertz CT molecular complexity index is 546. The molecule has 0 bridgehead atoms. The minimum Gasteiger partial charge on any atom is -0.338 e. The van der Waals surface area contributed by atoms with Crippen LogP contribution in [-0.2, 0) is 0 Å². The predicted octanol–water partition coefficient (Wildman–Crippen LogP) is 2.44. The van der Waals surface area contributed by atoms with Gasteiger partial charge in [-0.3, -0.25) is 4.68 Å². The monoisotopic (exact) mass is 275 g/mol. The van der Waals surface area contributed by atoms with E-state index in [0.717, 1.165) is 5.82 Å². The Labute approximate surface area is 118 Å². The van der Waals surface area contributed by atoms with Gasteiger partial charge in [-0.25, -0.2) is 0 Å². The van der Waals surface area contributed by atoms with Gasteiger partial charge in [0, 0.05) is 24.4 Å². The van der Waals surface area contributed by atoms with Crippen molar-refractivity contribution in [2.24, 2.45) is 0 Å². The van der Waals surface area contributed by atoms with Crippen LogP contribution in [0.4, 0.5) is 0 Å². The molecule has 3 atom stereocenters. The van der Waals surface area contributed by atoms with Gasteiger partial charge in [-0.2, -0.15) is 10.1 Å². The van der Waals surface area contributed by atoms with Crippen molar-refractivity contribution in [1.82, 2.24) is 25.2 Å². The molecule has 1 saturated carbocycles. The molecule has 2 aromatic rings. The molecule has 1 aliphatic carbocycles. The molecular formula is C14H21N5O. The number of rotatable bonds is 6. The Morgan fingerprint density at radius 1 is 1.35 bits per heavy atom. The molecule has 1 aliphatic rings. The van der Waals surface area contributed by atoms with Crippen molar-refractivity contribution >= 4 is 0 Å². The summed E-state index contributed by atoms with van der Waals surface area (Å²) in [5.74, 6) is 2.06. The first-order chi connectivity index (χ1) is 9.65. The van der Waals surface area contributed by atoms with Crippen molar-refractivity contribution in [2.75, 3.05) is 0 Å². The summed E-state index contributed by atoms with van der Waals surface area (Å²) in [5, 5.41) is 11.8. The van der Waals surface area contributed by atoms with Crippen molar-refractivity contribution in [3.05, 3.63) is 30.2 Å². The summed E-state index contributed by atoms with van der Waals surface area (Å²) in [5.41, 5.74) is 0. The average molecular weight is 275 g/mol. The Kier molecular flexibility index (Phi) is 3.56. The van der Waals surface area contributed by atoms with Crippen molar-refractivity contribution in [1.29, 1.82) is 0 Å². The van der Waals surface area contributed by atoms with E-state index in [2.05, 4.69) is 41.3 Å². The van der Waals surface area contributed by atoms with Gasteiger partial charge in [0.15, 0.2) is 5.82 Å². The van der Waals surface area contributed by atoms with Gasteiger partial charge in [0.1, 0.15) is 0 Å². The molecule has 0 radical (unpaired) electrons. The lowest BCUT2D eigenvalue weighted by molar-refractivity contribution is 0.291. The molecule has 2 heterocycles. The van der Waals surface area contributed by atoms with Crippen molar-refractivity contribution < 1.29 is 4.52 Å². The van der Waals surface area contributed by atoms with Gasteiger partial charge in [-0.1, -0.05) is 5.16 Å². The molecule has 6 heteroatoms. The molecular weight excluding hydrogens is 254 g/mol. The zero-order valence-electron chi connectivity index (χ0n) is 12.2. The van der Waals surface area contributed by atoms with Crippen molar-refractivity contribution in [3.63, 3.8) is 0 Å². The van der Waals surface area contributed by atoms with E-state index < -0.39 is 0 Å². The first kappa shape index (κ1) is 13.3. The second-order valence-corrected chi connectivity index (χ2v) is 5.67. The highest BCUT2D eigenvalue weighted by atomic mass is 16.5. The van der Waals surface area contributed by atoms with Crippen LogP contribution in [0.1, 0.15) is 63.3 Å². The molecule has 1 N–H and O–H groups in total. The molecule has 1 fully saturated rings. The first-order valence-electron chi connectivity index (χ1n) is 7.24. The lowest BCUT2D eigenvalue weighted by Gasteiger charge is -2.24. The smallest absolute Gasteiger partial charge is 0.243 e. The fraction of sp³-hybridized carbons (Fsp3) is 0.643. The molecule has 20 heavy (non-hydrogen) atoms. The fourth-order valence-corrected chi connectivity index (χ4v) is 2.29. The molecule has 0 spiro atoms. The van der Waals surface area contributed by atoms with E-state index >= 15 is 0 Å². The minimum atomic E-state index is 0.0445. The summed E-state index contributed by atoms with van der Waals surface area (Å²) in [7, 11) is 0. The van der Waals surface area contributed by atoms with Gasteiger partial charge >= 0.3 is 0 Å². The number of nitrogens with zero attached hydrogens (tertiary/aromatic N) is 4. The standard InChI is InChI=1S/C14H21N5O/c1-9(11(3)19-8-4-7-15-19)16-10(2)14-17-13(18-20-14)12-5-6-12/h4,7-12,16H,5-6H2,1-3H3. The molecule has 3 rings (SSSR count). The number of hydrogen-bond donors (Lipinski definition) is 1. The van der Waals surface area contributed by atoms with E-state index in [1.54, 1.807) is 6.20 Å². The first-order valence-corrected chi connectivity index (χ1v) is 7.24. The maximum atomic E-state index is 5.35. The lowest BCUT2D eigenvalue weighted by Crippen LogP contribution is -2.35. The second-order valence-electron chi connectivity index (χ2n) is 5.67. The highest BCUT2D eigenvalue weighted by Crippen LogP contribution is 2.38. The van der Waals surface area contributed by atoms with Crippen LogP contribution in [0.25, 0.3) is 0 Å². The van der Waals surface area contributed by atoms with Gasteiger partial charge in [-0.15, -0.1) is 0 Å². The maximum Gasteiger partial charge on any atom is 0.243 e. The fourth-order valence-electron chi connectivity index (χ4n) is 2.29. The number of hydrogen-bond acceptors (Lipinski definition) is 5. The summed E-state index contributed by atoms with van der Waals surface area (Å²) in [6, 6.07) is 2.49. The molecule has 0 amide bonds. The van der Waals surface area contributed by atoms with Gasteiger partial charge in [0.25, 0.3) is 0 Å². The number of nitrogens with one attached hydrogen (secondary N) is 1. The average Bonchev–Trinajstić information content (AvgIpc) is 2.97. The third-order valence-electron chi connectivity index (χ3n) is 3.95. The van der Waals surface area contributed by atoms with Gasteiger partial charge in [0.2, 0.25) is 5.89 Å². The van der Waals surface area contributed by atoms with Crippen LogP contribution in [0.5, 0.6) is 0 Å². The van der Waals surface area contributed by atoms with E-state index in [1.807, 2.05) is 16.9 Å². The molecule has 6 nitrogen and oxygen atoms in total. The lowest BCUT2D eigenvalue weighted by atomic mass is 10.1. The molecule has 0 saturated heterocycles. The van der Waals surface area contributed by atoms with E-state index in [9.17, 15) is 0 Å². The van der Waals surface area contributed by atoms with Crippen LogP contribution in [0.15, 0.2) is 23.0 Å². The molecule has 3 unspecified atom stereocenters. The summed E-state index contributed by atoms with van der Waals surface area (Å²) >= 11 is 0. The van der Waals surface area contributed by atoms with Crippen LogP contribution in [-0.4, -0.2) is 26.0 Å². The van der Waals surface area contributed by atoms with Crippen molar-refractivity contribution in [3.8, 4) is 0 Å². The van der Waals surface area contributed by atoms with E-state index in [-0.39, 0.29) is 18.1 Å². The summed E-state index contributed by atoms with van der Waals surface area (Å²) < 4.78 is 7.31. The van der Waals surface area contributed by atoms with Gasteiger partial charge < -0.3 is 9.84 Å². The Morgan fingerprint density at radius 3 is 2.80 bits per heavy atom. The molecule has 108 valence electrons. The normalized spacial score (nSPS) is 19.8. The molecule has 0 aromatic carbocycles.